The summed E-state index contributed by atoms with van der Waals surface area (Å²) in [6.45, 7) is 8.16. The number of ether oxygens (including phenoxy) is 2. The molecule has 1 amide bonds. The number of para-hydroxylation sites is 2. The molecular weight excluding hydrogens is 492 g/mol. The van der Waals surface area contributed by atoms with Crippen molar-refractivity contribution < 1.29 is 14.3 Å². The normalized spacial score (nSPS) is 18.8. The predicted molar refractivity (Wildman–Crippen MR) is 150 cm³/mol. The minimum absolute atomic E-state index is 0.0163. The first-order valence-electron chi connectivity index (χ1n) is 13.8. The molecule has 0 radical (unpaired) electrons. The molecule has 0 N–H and O–H groups in total. The number of likely N-dealkylation sites (tertiary alicyclic amines) is 1. The Hall–Kier alpha value is -3.65. The molecule has 3 aromatic rings. The molecule has 8 nitrogen and oxygen atoms in total. The second-order valence-corrected chi connectivity index (χ2v) is 11.4. The third-order valence-electron chi connectivity index (χ3n) is 7.80. The van der Waals surface area contributed by atoms with Gasteiger partial charge in [0.2, 0.25) is 11.4 Å². The fourth-order valence-corrected chi connectivity index (χ4v) is 5.45. The highest BCUT2D eigenvalue weighted by Crippen LogP contribution is 2.35. The zero-order valence-corrected chi connectivity index (χ0v) is 23.1. The van der Waals surface area contributed by atoms with Crippen molar-refractivity contribution in [3.8, 4) is 17.4 Å². The van der Waals surface area contributed by atoms with E-state index in [1.165, 1.54) is 10.6 Å². The van der Waals surface area contributed by atoms with Crippen LogP contribution in [0.4, 0.5) is 0 Å². The molecule has 1 fully saturated rings. The van der Waals surface area contributed by atoms with Crippen LogP contribution in [0.3, 0.4) is 0 Å². The molecule has 2 aromatic heterocycles. The largest absolute Gasteiger partial charge is 0.489 e. The molecule has 2 aliphatic heterocycles. The van der Waals surface area contributed by atoms with Gasteiger partial charge in [-0.3, -0.25) is 14.5 Å². The number of fused-ring (bicyclic) bond motifs is 2. The van der Waals surface area contributed by atoms with Gasteiger partial charge in [-0.05, 0) is 61.9 Å². The molecule has 0 bridgehead atoms. The van der Waals surface area contributed by atoms with Crippen LogP contribution in [0.1, 0.15) is 55.5 Å². The number of carbonyl (C=O) groups excluding carboxylic acids is 1. The molecule has 5 rings (SSSR count). The number of carbonyl (C=O) groups is 1. The van der Waals surface area contributed by atoms with Gasteiger partial charge in [0.15, 0.2) is 11.5 Å². The molecular formula is C31H38N4O4. The number of piperidine rings is 1. The van der Waals surface area contributed by atoms with Crippen LogP contribution in [0.15, 0.2) is 65.7 Å². The monoisotopic (exact) mass is 530 g/mol. The topological polar surface area (TPSA) is 76.9 Å². The lowest BCUT2D eigenvalue weighted by molar-refractivity contribution is 0.0594. The Morgan fingerprint density at radius 3 is 2.54 bits per heavy atom. The maximum Gasteiger partial charge on any atom is 0.255 e. The summed E-state index contributed by atoms with van der Waals surface area (Å²) in [5, 5.41) is 0. The molecule has 0 saturated carbocycles. The maximum atomic E-state index is 13.1. The van der Waals surface area contributed by atoms with Crippen molar-refractivity contribution in [2.45, 2.75) is 52.1 Å². The fraction of sp³-hybridized carbons (Fsp3) is 0.452. The van der Waals surface area contributed by atoms with E-state index in [1.54, 1.807) is 25.5 Å². The molecule has 0 atom stereocenters. The number of amides is 1. The molecule has 4 heterocycles. The number of hydrogen-bond donors (Lipinski definition) is 0. The highest BCUT2D eigenvalue weighted by atomic mass is 16.5. The van der Waals surface area contributed by atoms with Crippen molar-refractivity contribution in [3.05, 3.63) is 82.4 Å². The second kappa shape index (κ2) is 11.6. The van der Waals surface area contributed by atoms with Crippen LogP contribution >= 0.6 is 0 Å². The summed E-state index contributed by atoms with van der Waals surface area (Å²) in [6, 6.07) is 15.3. The smallest absolute Gasteiger partial charge is 0.255 e. The predicted octanol–water partition coefficient (Wildman–Crippen LogP) is 4.88. The number of pyridine rings is 2. The third-order valence-corrected chi connectivity index (χ3v) is 7.80. The van der Waals surface area contributed by atoms with E-state index in [9.17, 15) is 9.59 Å². The minimum Gasteiger partial charge on any atom is -0.489 e. The second-order valence-electron chi connectivity index (χ2n) is 11.4. The van der Waals surface area contributed by atoms with Crippen LogP contribution in [0.5, 0.6) is 17.4 Å². The number of hydrogen-bond acceptors (Lipinski definition) is 6. The lowest BCUT2D eigenvalue weighted by Crippen LogP contribution is -2.47. The first-order chi connectivity index (χ1) is 18.8. The Morgan fingerprint density at radius 2 is 1.77 bits per heavy atom. The average molecular weight is 531 g/mol. The molecule has 1 saturated heterocycles. The zero-order valence-electron chi connectivity index (χ0n) is 23.1. The number of aromatic nitrogens is 2. The van der Waals surface area contributed by atoms with Crippen molar-refractivity contribution in [1.82, 2.24) is 19.4 Å². The van der Waals surface area contributed by atoms with E-state index in [0.29, 0.717) is 42.9 Å². The highest BCUT2D eigenvalue weighted by Gasteiger charge is 2.29. The van der Waals surface area contributed by atoms with Gasteiger partial charge < -0.3 is 18.9 Å². The van der Waals surface area contributed by atoms with Gasteiger partial charge >= 0.3 is 0 Å². The first-order valence-corrected chi connectivity index (χ1v) is 13.8. The zero-order chi connectivity index (χ0) is 27.4. The van der Waals surface area contributed by atoms with Gasteiger partial charge in [-0.1, -0.05) is 32.0 Å². The highest BCUT2D eigenvalue weighted by molar-refractivity contribution is 5.94. The van der Waals surface area contributed by atoms with E-state index < -0.39 is 0 Å². The van der Waals surface area contributed by atoms with Gasteiger partial charge in [0.05, 0.1) is 12.2 Å². The molecule has 2 aliphatic rings. The summed E-state index contributed by atoms with van der Waals surface area (Å²) in [7, 11) is 1.67. The maximum absolute atomic E-state index is 13.1. The van der Waals surface area contributed by atoms with Crippen molar-refractivity contribution in [2.24, 2.45) is 12.5 Å². The van der Waals surface area contributed by atoms with Crippen molar-refractivity contribution >= 4 is 5.91 Å². The quantitative estimate of drug-likeness (QED) is 0.470. The van der Waals surface area contributed by atoms with Gasteiger partial charge in [-0.25, -0.2) is 4.98 Å². The van der Waals surface area contributed by atoms with Crippen molar-refractivity contribution in [3.63, 3.8) is 0 Å². The van der Waals surface area contributed by atoms with Crippen LogP contribution < -0.4 is 15.0 Å². The summed E-state index contributed by atoms with van der Waals surface area (Å²) in [4.78, 5) is 33.9. The Bertz CT molecular complexity index is 1360. The van der Waals surface area contributed by atoms with Crippen LogP contribution in [0.25, 0.3) is 0 Å². The van der Waals surface area contributed by atoms with Crippen LogP contribution in [-0.2, 0) is 13.6 Å². The van der Waals surface area contributed by atoms with E-state index in [-0.39, 0.29) is 16.9 Å². The SMILES string of the molecule is Cn1cc(C(=O)N2CCC(N3CCCC(C)(C)COc4ccccc4Oc4ncccc4C3)CC2)ccc1=O. The van der Waals surface area contributed by atoms with E-state index in [2.05, 4.69) is 29.8 Å². The minimum atomic E-state index is -0.117. The fourth-order valence-electron chi connectivity index (χ4n) is 5.45. The summed E-state index contributed by atoms with van der Waals surface area (Å²) in [6.07, 6.45) is 7.26. The van der Waals surface area contributed by atoms with Gasteiger partial charge in [0.1, 0.15) is 0 Å². The summed E-state index contributed by atoms with van der Waals surface area (Å²) >= 11 is 0. The molecule has 1 aromatic carbocycles. The van der Waals surface area contributed by atoms with Crippen LogP contribution in [-0.4, -0.2) is 57.5 Å². The Labute approximate surface area is 230 Å². The van der Waals surface area contributed by atoms with E-state index >= 15 is 0 Å². The van der Waals surface area contributed by atoms with Gasteiger partial charge in [-0.15, -0.1) is 0 Å². The lowest BCUT2D eigenvalue weighted by atomic mass is 9.88. The summed E-state index contributed by atoms with van der Waals surface area (Å²) in [5.41, 5.74) is 1.49. The first kappa shape index (κ1) is 26.9. The number of benzene rings is 1. The standard InChI is InChI=1S/C31H38N4O4/c1-31(2)15-7-17-35(25-13-18-34(19-14-25)30(37)24-11-12-28(36)33(3)20-24)21-23-8-6-16-32-29(23)39-27-10-5-4-9-26(27)38-22-31/h4-6,8-12,16,20,25H,7,13-15,17-19,21-22H2,1-3H3. The Balaban J connectivity index is 1.34. The van der Waals surface area contributed by atoms with Crippen molar-refractivity contribution in [1.29, 1.82) is 0 Å². The lowest BCUT2D eigenvalue weighted by Gasteiger charge is -2.39. The molecule has 0 aliphatic carbocycles. The van der Waals surface area contributed by atoms with E-state index in [0.717, 1.165) is 50.1 Å². The van der Waals surface area contributed by atoms with Gasteiger partial charge in [-0.2, -0.15) is 0 Å². The van der Waals surface area contributed by atoms with Gasteiger partial charge in [0, 0.05) is 56.7 Å². The number of rotatable bonds is 2. The van der Waals surface area contributed by atoms with Gasteiger partial charge in [0.25, 0.3) is 5.91 Å². The molecule has 0 unspecified atom stereocenters. The summed E-state index contributed by atoms with van der Waals surface area (Å²) in [5.74, 6) is 1.98. The Morgan fingerprint density at radius 1 is 1.00 bits per heavy atom. The van der Waals surface area contributed by atoms with Crippen molar-refractivity contribution in [2.75, 3.05) is 26.2 Å². The van der Waals surface area contributed by atoms with Crippen LogP contribution in [0, 0.1) is 5.41 Å². The van der Waals surface area contributed by atoms with E-state index in [4.69, 9.17) is 9.47 Å². The summed E-state index contributed by atoms with van der Waals surface area (Å²) < 4.78 is 14.0. The molecule has 8 heteroatoms. The third kappa shape index (κ3) is 6.50. The van der Waals surface area contributed by atoms with E-state index in [1.807, 2.05) is 35.2 Å². The molecule has 39 heavy (non-hydrogen) atoms. The average Bonchev–Trinajstić information content (AvgIpc) is 2.94. The molecule has 206 valence electrons. The Kier molecular flexibility index (Phi) is 8.02. The number of nitrogens with zero attached hydrogens (tertiary/aromatic N) is 4. The number of aryl methyl sites for hydroxylation is 1. The molecule has 0 spiro atoms. The van der Waals surface area contributed by atoms with Crippen LogP contribution in [0.2, 0.25) is 0 Å².